The summed E-state index contributed by atoms with van der Waals surface area (Å²) < 4.78 is 81.5. The molecule has 1 aromatic carbocycles. The van der Waals surface area contributed by atoms with E-state index in [-0.39, 0.29) is 12.8 Å². The summed E-state index contributed by atoms with van der Waals surface area (Å²) in [6, 6.07) is 3.91. The molecule has 3 atom stereocenters. The minimum Gasteiger partial charge on any atom is -0.451 e. The monoisotopic (exact) mass is 530 g/mol. The van der Waals surface area contributed by atoms with E-state index in [1.807, 2.05) is 35.7 Å². The normalized spacial score (nSPS) is 20.1. The Labute approximate surface area is 212 Å². The van der Waals surface area contributed by atoms with E-state index in [9.17, 15) is 31.2 Å². The zero-order chi connectivity index (χ0) is 27.1. The third-order valence-corrected chi connectivity index (χ3v) is 7.26. The predicted molar refractivity (Wildman–Crippen MR) is 136 cm³/mol. The molecule has 1 N–H and O–H groups in total. The number of hydrogen-bond donors (Lipinski definition) is 1. The Morgan fingerprint density at radius 3 is 1.86 bits per heavy atom. The van der Waals surface area contributed by atoms with Crippen molar-refractivity contribution < 1.29 is 45.2 Å². The summed E-state index contributed by atoms with van der Waals surface area (Å²) in [5.41, 5.74) is 2.75. The van der Waals surface area contributed by atoms with Crippen LogP contribution in [0.3, 0.4) is 0 Å². The van der Waals surface area contributed by atoms with Crippen LogP contribution in [0.1, 0.15) is 55.2 Å². The van der Waals surface area contributed by atoms with E-state index in [1.165, 1.54) is 0 Å². The van der Waals surface area contributed by atoms with Crippen LogP contribution in [0.25, 0.3) is 0 Å². The summed E-state index contributed by atoms with van der Waals surface area (Å²) in [5.74, 6) is -5.71. The Balaban J connectivity index is 2.36. The SMILES string of the molecule is BCc1cc(CB)c(OC(=O)C2CCCCCCC2C(=O)OC(CS(=O)(=O)O)C(F)(F)F)c(CB)c1. The molecule has 1 aromatic rings. The van der Waals surface area contributed by atoms with Crippen LogP contribution in [-0.4, -0.2) is 66.5 Å². The molecule has 7 nitrogen and oxygen atoms in total. The van der Waals surface area contributed by atoms with E-state index < -0.39 is 51.9 Å². The first-order valence-electron chi connectivity index (χ1n) is 12.4. The van der Waals surface area contributed by atoms with E-state index in [0.29, 0.717) is 31.2 Å². The maximum absolute atomic E-state index is 13.4. The molecular formula is C22H32B3F3O7S. The van der Waals surface area contributed by atoms with Gasteiger partial charge in [0.25, 0.3) is 10.1 Å². The fourth-order valence-electron chi connectivity index (χ4n) is 4.53. The van der Waals surface area contributed by atoms with Gasteiger partial charge >= 0.3 is 18.1 Å². The maximum atomic E-state index is 13.4. The van der Waals surface area contributed by atoms with E-state index in [4.69, 9.17) is 9.29 Å². The molecule has 0 radical (unpaired) electrons. The predicted octanol–water partition coefficient (Wildman–Crippen LogP) is 0.940. The van der Waals surface area contributed by atoms with Crippen molar-refractivity contribution >= 4 is 45.6 Å². The number of esters is 2. The average Bonchev–Trinajstić information content (AvgIpc) is 2.76. The molecule has 14 heteroatoms. The first-order chi connectivity index (χ1) is 16.8. The van der Waals surface area contributed by atoms with Gasteiger partial charge in [-0.3, -0.25) is 14.1 Å². The van der Waals surface area contributed by atoms with Crippen molar-refractivity contribution in [2.75, 3.05) is 5.75 Å². The lowest BCUT2D eigenvalue weighted by Crippen LogP contribution is -2.43. The molecule has 0 heterocycles. The van der Waals surface area contributed by atoms with Crippen molar-refractivity contribution in [1.82, 2.24) is 0 Å². The van der Waals surface area contributed by atoms with Gasteiger partial charge in [-0.15, -0.1) is 0 Å². The molecule has 1 saturated carbocycles. The van der Waals surface area contributed by atoms with Gasteiger partial charge in [0.15, 0.2) is 0 Å². The summed E-state index contributed by atoms with van der Waals surface area (Å²) in [4.78, 5) is 26.3. The molecule has 36 heavy (non-hydrogen) atoms. The Hall–Kier alpha value is -1.95. The van der Waals surface area contributed by atoms with Crippen LogP contribution >= 0.6 is 0 Å². The van der Waals surface area contributed by atoms with Gasteiger partial charge in [-0.2, -0.15) is 21.6 Å². The van der Waals surface area contributed by atoms with Crippen LogP contribution < -0.4 is 4.74 Å². The number of hydrogen-bond acceptors (Lipinski definition) is 6. The van der Waals surface area contributed by atoms with Gasteiger partial charge in [-0.25, -0.2) is 0 Å². The Morgan fingerprint density at radius 1 is 0.944 bits per heavy atom. The number of carbonyl (C=O) groups is 2. The van der Waals surface area contributed by atoms with E-state index in [0.717, 1.165) is 35.9 Å². The van der Waals surface area contributed by atoms with Crippen LogP contribution in [0, 0.1) is 11.8 Å². The maximum Gasteiger partial charge on any atom is 0.426 e. The van der Waals surface area contributed by atoms with Crippen molar-refractivity contribution in [1.29, 1.82) is 0 Å². The van der Waals surface area contributed by atoms with Gasteiger partial charge < -0.3 is 9.47 Å². The lowest BCUT2D eigenvalue weighted by atomic mass is 9.81. The molecular weight excluding hydrogens is 498 g/mol. The van der Waals surface area contributed by atoms with Crippen molar-refractivity contribution in [2.45, 2.75) is 69.8 Å². The molecule has 1 aliphatic carbocycles. The van der Waals surface area contributed by atoms with Gasteiger partial charge in [0.05, 0.1) is 11.8 Å². The summed E-state index contributed by atoms with van der Waals surface area (Å²) in [5, 5.41) is 0. The van der Waals surface area contributed by atoms with E-state index in [2.05, 4.69) is 4.74 Å². The Morgan fingerprint density at radius 2 is 1.44 bits per heavy atom. The second kappa shape index (κ2) is 13.0. The molecule has 1 aliphatic rings. The zero-order valence-electron chi connectivity index (χ0n) is 20.9. The smallest absolute Gasteiger partial charge is 0.426 e. The first-order valence-corrected chi connectivity index (χ1v) is 14.0. The molecule has 198 valence electrons. The van der Waals surface area contributed by atoms with Gasteiger partial charge in [0.2, 0.25) is 6.10 Å². The average molecular weight is 530 g/mol. The van der Waals surface area contributed by atoms with Gasteiger partial charge in [-0.05, 0) is 24.0 Å². The first kappa shape index (κ1) is 30.3. The minimum absolute atomic E-state index is 0.102. The van der Waals surface area contributed by atoms with Crippen molar-refractivity contribution in [2.24, 2.45) is 11.8 Å². The van der Waals surface area contributed by atoms with Crippen molar-refractivity contribution in [3.05, 3.63) is 28.8 Å². The van der Waals surface area contributed by atoms with Crippen LogP contribution in [0.5, 0.6) is 5.75 Å². The van der Waals surface area contributed by atoms with Crippen LogP contribution in [0.15, 0.2) is 12.1 Å². The highest BCUT2D eigenvalue weighted by Gasteiger charge is 2.47. The Kier molecular flexibility index (Phi) is 11.0. The van der Waals surface area contributed by atoms with Crippen molar-refractivity contribution in [3.8, 4) is 5.75 Å². The highest BCUT2D eigenvalue weighted by atomic mass is 32.2. The third kappa shape index (κ3) is 8.57. The largest absolute Gasteiger partial charge is 0.451 e. The standard InChI is InChI=1S/C22H32B3F3O7S/c23-9-13-7-14(10-24)19(15(8-13)11-25)35-21(30)17-6-4-2-1-3-5-16(17)20(29)34-18(22(26,27)28)12-36(31,32)33/h7-8,16-18H,1-6,9-12,23-25H2,(H,31,32,33). The van der Waals surface area contributed by atoms with Crippen LogP contribution in [0.4, 0.5) is 13.2 Å². The van der Waals surface area contributed by atoms with Gasteiger partial charge in [0.1, 0.15) is 35.0 Å². The number of carbonyl (C=O) groups excluding carboxylic acids is 2. The quantitative estimate of drug-likeness (QED) is 0.219. The molecule has 0 aromatic heterocycles. The number of halogens is 3. The van der Waals surface area contributed by atoms with Gasteiger partial charge in [-0.1, -0.05) is 62.3 Å². The molecule has 0 saturated heterocycles. The molecule has 2 rings (SSSR count). The molecule has 0 aliphatic heterocycles. The summed E-state index contributed by atoms with van der Waals surface area (Å²) >= 11 is 0. The number of rotatable bonds is 9. The second-order valence-electron chi connectivity index (χ2n) is 9.15. The summed E-state index contributed by atoms with van der Waals surface area (Å²) in [6.45, 7) is 0. The van der Waals surface area contributed by atoms with E-state index >= 15 is 0 Å². The highest BCUT2D eigenvalue weighted by molar-refractivity contribution is 7.85. The third-order valence-electron chi connectivity index (χ3n) is 6.53. The number of ether oxygens (including phenoxy) is 2. The van der Waals surface area contributed by atoms with E-state index in [1.54, 1.807) is 0 Å². The lowest BCUT2D eigenvalue weighted by Gasteiger charge is -2.29. The van der Waals surface area contributed by atoms with Gasteiger partial charge in [0, 0.05) is 0 Å². The molecule has 0 spiro atoms. The molecule has 1 fully saturated rings. The summed E-state index contributed by atoms with van der Waals surface area (Å²) in [7, 11) is 0.787. The zero-order valence-corrected chi connectivity index (χ0v) is 21.7. The summed E-state index contributed by atoms with van der Waals surface area (Å²) in [6.07, 6.45) is -3.33. The number of alkyl halides is 3. The molecule has 3 unspecified atom stereocenters. The fraction of sp³-hybridized carbons (Fsp3) is 0.636. The number of benzene rings is 1. The minimum atomic E-state index is -5.21. The highest BCUT2D eigenvalue weighted by Crippen LogP contribution is 2.34. The van der Waals surface area contributed by atoms with Crippen LogP contribution in [-0.2, 0) is 43.4 Å². The molecule has 0 bridgehead atoms. The fourth-order valence-corrected chi connectivity index (χ4v) is 5.17. The van der Waals surface area contributed by atoms with Crippen LogP contribution in [0.2, 0.25) is 0 Å². The Bertz CT molecular complexity index is 1010. The van der Waals surface area contributed by atoms with Crippen molar-refractivity contribution in [3.63, 3.8) is 0 Å². The topological polar surface area (TPSA) is 107 Å². The second-order valence-corrected chi connectivity index (χ2v) is 10.6. The molecule has 0 amide bonds. The lowest BCUT2D eigenvalue weighted by molar-refractivity contribution is -0.218.